The highest BCUT2D eigenvalue weighted by Gasteiger charge is 2.30. The van der Waals surface area contributed by atoms with Crippen molar-refractivity contribution < 1.29 is 19.0 Å². The number of carbonyl (C=O) groups is 1. The molecular formula is C25H30O4. The summed E-state index contributed by atoms with van der Waals surface area (Å²) in [7, 11) is 1.38. The number of rotatable bonds is 9. The molecule has 4 heteroatoms. The molecule has 3 rings (SSSR count). The van der Waals surface area contributed by atoms with Gasteiger partial charge in [0.25, 0.3) is 0 Å². The van der Waals surface area contributed by atoms with Gasteiger partial charge in [-0.05, 0) is 31.2 Å². The normalized spacial score (nSPS) is 21.9. The van der Waals surface area contributed by atoms with E-state index in [0.717, 1.165) is 37.7 Å². The summed E-state index contributed by atoms with van der Waals surface area (Å²) in [5.74, 6) is -0.339. The van der Waals surface area contributed by atoms with Crippen LogP contribution in [0, 0.1) is 0 Å². The Morgan fingerprint density at radius 2 is 1.69 bits per heavy atom. The third kappa shape index (κ3) is 7.15. The van der Waals surface area contributed by atoms with Crippen LogP contribution in [0.1, 0.15) is 49.5 Å². The quantitative estimate of drug-likeness (QED) is 0.325. The van der Waals surface area contributed by atoms with Gasteiger partial charge in [-0.3, -0.25) is 0 Å². The minimum absolute atomic E-state index is 0.0222. The van der Waals surface area contributed by atoms with E-state index in [1.165, 1.54) is 18.7 Å². The smallest absolute Gasteiger partial charge is 0.330 e. The Hall–Kier alpha value is -2.43. The van der Waals surface area contributed by atoms with Crippen LogP contribution in [-0.2, 0) is 25.4 Å². The standard InChI is InChI=1S/C25H30O4/c1-27-24(26)18-10-17-23-19-22(16-9-8-13-20-11-4-2-5-12-20)28-25(29-23)21-14-6-3-7-15-21/h2-7,10-12,14-15,18,22-23,25H,8-9,13,16-17,19H2,1H3/b18-10-/t22-,23+,25?/m1/s1. The van der Waals surface area contributed by atoms with Crippen molar-refractivity contribution in [2.75, 3.05) is 7.11 Å². The first-order valence-corrected chi connectivity index (χ1v) is 10.4. The second kappa shape index (κ2) is 11.5. The summed E-state index contributed by atoms with van der Waals surface area (Å²) in [5.41, 5.74) is 2.41. The Balaban J connectivity index is 1.54. The van der Waals surface area contributed by atoms with E-state index in [1.807, 2.05) is 36.4 Å². The number of unbranched alkanes of at least 4 members (excludes halogenated alkanes) is 1. The van der Waals surface area contributed by atoms with Crippen LogP contribution in [-0.4, -0.2) is 25.3 Å². The molecule has 0 radical (unpaired) electrons. The second-order valence-corrected chi connectivity index (χ2v) is 7.39. The molecule has 1 fully saturated rings. The van der Waals surface area contributed by atoms with Crippen molar-refractivity contribution in [3.05, 3.63) is 83.9 Å². The molecule has 0 aromatic heterocycles. The molecule has 1 unspecified atom stereocenters. The van der Waals surface area contributed by atoms with Crippen molar-refractivity contribution in [2.45, 2.75) is 57.0 Å². The summed E-state index contributed by atoms with van der Waals surface area (Å²) in [4.78, 5) is 11.3. The third-order valence-corrected chi connectivity index (χ3v) is 5.17. The van der Waals surface area contributed by atoms with E-state index in [4.69, 9.17) is 9.47 Å². The number of methoxy groups -OCH3 is 1. The average molecular weight is 395 g/mol. The van der Waals surface area contributed by atoms with Gasteiger partial charge in [0, 0.05) is 18.1 Å². The molecule has 29 heavy (non-hydrogen) atoms. The van der Waals surface area contributed by atoms with Gasteiger partial charge >= 0.3 is 5.97 Å². The Bertz CT molecular complexity index is 757. The van der Waals surface area contributed by atoms with E-state index in [-0.39, 0.29) is 24.5 Å². The van der Waals surface area contributed by atoms with Gasteiger partial charge in [-0.25, -0.2) is 4.79 Å². The molecule has 1 saturated heterocycles. The van der Waals surface area contributed by atoms with E-state index in [1.54, 1.807) is 0 Å². The molecule has 4 nitrogen and oxygen atoms in total. The van der Waals surface area contributed by atoms with Gasteiger partial charge in [-0.2, -0.15) is 0 Å². The minimum atomic E-state index is -0.361. The van der Waals surface area contributed by atoms with Gasteiger partial charge in [-0.1, -0.05) is 73.2 Å². The number of carbonyl (C=O) groups excluding carboxylic acids is 1. The van der Waals surface area contributed by atoms with Gasteiger partial charge in [0.1, 0.15) is 0 Å². The number of ether oxygens (including phenoxy) is 3. The van der Waals surface area contributed by atoms with E-state index < -0.39 is 0 Å². The average Bonchev–Trinajstić information content (AvgIpc) is 2.78. The van der Waals surface area contributed by atoms with E-state index in [9.17, 15) is 4.79 Å². The third-order valence-electron chi connectivity index (χ3n) is 5.17. The molecule has 154 valence electrons. The van der Waals surface area contributed by atoms with Crippen LogP contribution in [0.25, 0.3) is 0 Å². The molecule has 1 aliphatic rings. The summed E-state index contributed by atoms with van der Waals surface area (Å²) in [5, 5.41) is 0. The molecule has 0 N–H and O–H groups in total. The van der Waals surface area contributed by atoms with Crippen molar-refractivity contribution in [3.8, 4) is 0 Å². The van der Waals surface area contributed by atoms with Gasteiger partial charge in [0.05, 0.1) is 19.3 Å². The summed E-state index contributed by atoms with van der Waals surface area (Å²) in [6.45, 7) is 0. The van der Waals surface area contributed by atoms with E-state index in [2.05, 4.69) is 35.1 Å². The van der Waals surface area contributed by atoms with E-state index >= 15 is 0 Å². The summed E-state index contributed by atoms with van der Waals surface area (Å²) in [6, 6.07) is 20.6. The molecule has 3 atom stereocenters. The predicted molar refractivity (Wildman–Crippen MR) is 113 cm³/mol. The second-order valence-electron chi connectivity index (χ2n) is 7.39. The number of esters is 1. The molecule has 1 heterocycles. The lowest BCUT2D eigenvalue weighted by Crippen LogP contribution is -2.33. The molecule has 0 amide bonds. The largest absolute Gasteiger partial charge is 0.466 e. The summed E-state index contributed by atoms with van der Waals surface area (Å²) in [6.07, 6.45) is 8.98. The van der Waals surface area contributed by atoms with Crippen molar-refractivity contribution in [1.82, 2.24) is 0 Å². The molecular weight excluding hydrogens is 364 g/mol. The maximum absolute atomic E-state index is 11.3. The minimum Gasteiger partial charge on any atom is -0.466 e. The van der Waals surface area contributed by atoms with Crippen molar-refractivity contribution in [1.29, 1.82) is 0 Å². The molecule has 0 saturated carbocycles. The fourth-order valence-corrected chi connectivity index (χ4v) is 3.62. The van der Waals surface area contributed by atoms with Crippen LogP contribution in [0.3, 0.4) is 0 Å². The molecule has 0 aliphatic carbocycles. The Kier molecular flexibility index (Phi) is 8.47. The van der Waals surface area contributed by atoms with Gasteiger partial charge in [-0.15, -0.1) is 0 Å². The van der Waals surface area contributed by atoms with Crippen LogP contribution in [0.15, 0.2) is 72.8 Å². The maximum Gasteiger partial charge on any atom is 0.330 e. The number of hydrogen-bond donors (Lipinski definition) is 0. The first-order chi connectivity index (χ1) is 14.2. The van der Waals surface area contributed by atoms with Crippen LogP contribution < -0.4 is 0 Å². The molecule has 1 aliphatic heterocycles. The highest BCUT2D eigenvalue weighted by molar-refractivity contribution is 5.81. The van der Waals surface area contributed by atoms with Gasteiger partial charge in [0.2, 0.25) is 0 Å². The number of benzene rings is 2. The molecule has 0 bridgehead atoms. The number of hydrogen-bond acceptors (Lipinski definition) is 4. The van der Waals surface area contributed by atoms with Crippen molar-refractivity contribution >= 4 is 5.97 Å². The zero-order valence-electron chi connectivity index (χ0n) is 17.0. The number of aryl methyl sites for hydroxylation is 1. The van der Waals surface area contributed by atoms with Crippen LogP contribution in [0.5, 0.6) is 0 Å². The van der Waals surface area contributed by atoms with E-state index in [0.29, 0.717) is 6.42 Å². The monoisotopic (exact) mass is 394 g/mol. The summed E-state index contributed by atoms with van der Waals surface area (Å²) < 4.78 is 17.1. The fourth-order valence-electron chi connectivity index (χ4n) is 3.62. The Morgan fingerprint density at radius 3 is 2.41 bits per heavy atom. The van der Waals surface area contributed by atoms with Crippen molar-refractivity contribution in [3.63, 3.8) is 0 Å². The zero-order chi connectivity index (χ0) is 20.3. The first kappa shape index (κ1) is 21.3. The molecule has 0 spiro atoms. The first-order valence-electron chi connectivity index (χ1n) is 10.4. The maximum atomic E-state index is 11.3. The topological polar surface area (TPSA) is 44.8 Å². The predicted octanol–water partition coefficient (Wildman–Crippen LogP) is 5.39. The highest BCUT2D eigenvalue weighted by atomic mass is 16.7. The fraction of sp³-hybridized carbons (Fsp3) is 0.400. The lowest BCUT2D eigenvalue weighted by atomic mass is 9.99. The lowest BCUT2D eigenvalue weighted by molar-refractivity contribution is -0.248. The Morgan fingerprint density at radius 1 is 1.00 bits per heavy atom. The highest BCUT2D eigenvalue weighted by Crippen LogP contribution is 2.33. The van der Waals surface area contributed by atoms with Crippen molar-refractivity contribution in [2.24, 2.45) is 0 Å². The van der Waals surface area contributed by atoms with Crippen LogP contribution in [0.4, 0.5) is 0 Å². The Labute approximate surface area is 173 Å². The van der Waals surface area contributed by atoms with Gasteiger partial charge in [0.15, 0.2) is 6.29 Å². The molecule has 2 aromatic rings. The zero-order valence-corrected chi connectivity index (χ0v) is 17.0. The molecule has 2 aromatic carbocycles. The summed E-state index contributed by atoms with van der Waals surface area (Å²) >= 11 is 0. The van der Waals surface area contributed by atoms with Crippen LogP contribution in [0.2, 0.25) is 0 Å². The van der Waals surface area contributed by atoms with Gasteiger partial charge < -0.3 is 14.2 Å². The SMILES string of the molecule is COC(=O)/C=C\C[C@H]1C[C@@H](CCCCc2ccccc2)OC(c2ccccc2)O1. The van der Waals surface area contributed by atoms with Crippen LogP contribution >= 0.6 is 0 Å². The lowest BCUT2D eigenvalue weighted by Gasteiger charge is -2.36.